The van der Waals surface area contributed by atoms with Gasteiger partial charge in [0.15, 0.2) is 0 Å². The Morgan fingerprint density at radius 2 is 1.92 bits per heavy atom. The fourth-order valence-corrected chi connectivity index (χ4v) is 3.15. The first-order valence-corrected chi connectivity index (χ1v) is 9.44. The van der Waals surface area contributed by atoms with E-state index in [9.17, 15) is 4.79 Å². The van der Waals surface area contributed by atoms with Crippen LogP contribution in [0.15, 0.2) is 54.6 Å². The van der Waals surface area contributed by atoms with Crippen LogP contribution in [0.2, 0.25) is 0 Å². The minimum Gasteiger partial charge on any atom is -0.491 e. The highest BCUT2D eigenvalue weighted by Crippen LogP contribution is 2.17. The third kappa shape index (κ3) is 5.09. The van der Waals surface area contributed by atoms with Gasteiger partial charge in [0.2, 0.25) is 0 Å². The molecule has 1 aliphatic rings. The number of carbonyl (C=O) groups excluding carboxylic acids is 1. The van der Waals surface area contributed by atoms with Crippen molar-refractivity contribution in [1.82, 2.24) is 4.90 Å². The molecule has 4 nitrogen and oxygen atoms in total. The fourth-order valence-electron chi connectivity index (χ4n) is 3.15. The Balaban J connectivity index is 1.53. The molecule has 0 aromatic heterocycles. The van der Waals surface area contributed by atoms with E-state index in [1.54, 1.807) is 0 Å². The van der Waals surface area contributed by atoms with Crippen molar-refractivity contribution in [3.8, 4) is 5.75 Å². The lowest BCUT2D eigenvalue weighted by Gasteiger charge is -2.21. The fraction of sp³-hybridized carbons (Fsp3) is 0.409. The molecule has 1 saturated heterocycles. The van der Waals surface area contributed by atoms with E-state index >= 15 is 0 Å². The zero-order chi connectivity index (χ0) is 18.2. The molecule has 1 fully saturated rings. The lowest BCUT2D eigenvalue weighted by Crippen LogP contribution is -2.32. The summed E-state index contributed by atoms with van der Waals surface area (Å²) in [6.45, 7) is 4.84. The van der Waals surface area contributed by atoms with E-state index in [0.717, 1.165) is 38.2 Å². The summed E-state index contributed by atoms with van der Waals surface area (Å²) < 4.78 is 11.3. The number of likely N-dealkylation sites (N-methyl/N-ethyl adjacent to an activating group) is 1. The van der Waals surface area contributed by atoms with Crippen LogP contribution in [0.4, 0.5) is 0 Å². The van der Waals surface area contributed by atoms with Crippen molar-refractivity contribution in [2.75, 3.05) is 26.3 Å². The van der Waals surface area contributed by atoms with Crippen LogP contribution in [0.25, 0.3) is 0 Å². The molecule has 0 saturated carbocycles. The zero-order valence-electron chi connectivity index (χ0n) is 15.4. The van der Waals surface area contributed by atoms with Crippen molar-refractivity contribution in [1.29, 1.82) is 0 Å². The summed E-state index contributed by atoms with van der Waals surface area (Å²) in [5.41, 5.74) is 1.95. The van der Waals surface area contributed by atoms with Gasteiger partial charge in [-0.15, -0.1) is 0 Å². The molecule has 1 heterocycles. The third-order valence-corrected chi connectivity index (χ3v) is 4.74. The number of nitrogens with zero attached hydrogens (tertiary/aromatic N) is 1. The van der Waals surface area contributed by atoms with Crippen LogP contribution in [-0.2, 0) is 11.2 Å². The Labute approximate surface area is 155 Å². The summed E-state index contributed by atoms with van der Waals surface area (Å²) in [4.78, 5) is 14.6. The molecule has 2 aromatic carbocycles. The maximum Gasteiger partial charge on any atom is 0.253 e. The van der Waals surface area contributed by atoms with Crippen LogP contribution in [0.5, 0.6) is 5.75 Å². The lowest BCUT2D eigenvalue weighted by atomic mass is 10.1. The van der Waals surface area contributed by atoms with Crippen LogP contribution in [0.3, 0.4) is 0 Å². The molecule has 0 radical (unpaired) electrons. The first-order valence-electron chi connectivity index (χ1n) is 9.44. The minimum atomic E-state index is 0.0640. The van der Waals surface area contributed by atoms with E-state index in [1.807, 2.05) is 54.3 Å². The van der Waals surface area contributed by atoms with Crippen LogP contribution in [-0.4, -0.2) is 43.2 Å². The summed E-state index contributed by atoms with van der Waals surface area (Å²) in [7, 11) is 0. The summed E-state index contributed by atoms with van der Waals surface area (Å²) in [5, 5.41) is 0. The number of hydrogen-bond acceptors (Lipinski definition) is 3. The van der Waals surface area contributed by atoms with Gasteiger partial charge in [0.1, 0.15) is 12.4 Å². The number of rotatable bonds is 8. The molecule has 0 N–H and O–H groups in total. The third-order valence-electron chi connectivity index (χ3n) is 4.74. The molecule has 1 amide bonds. The molecule has 1 aliphatic heterocycles. The molecule has 2 aromatic rings. The quantitative estimate of drug-likeness (QED) is 0.721. The van der Waals surface area contributed by atoms with Crippen LogP contribution >= 0.6 is 0 Å². The van der Waals surface area contributed by atoms with E-state index in [2.05, 4.69) is 12.1 Å². The van der Waals surface area contributed by atoms with Crippen molar-refractivity contribution < 1.29 is 14.3 Å². The standard InChI is InChI=1S/C22H27NO3/c1-2-23(15-14-18-7-4-3-5-8-18)22(24)19-10-12-20(13-11-19)26-17-21-9-6-16-25-21/h3-5,7-8,10-13,21H,2,6,9,14-17H2,1H3. The molecule has 0 bridgehead atoms. The average Bonchev–Trinajstić information content (AvgIpc) is 3.21. The van der Waals surface area contributed by atoms with Gasteiger partial charge in [-0.2, -0.15) is 0 Å². The van der Waals surface area contributed by atoms with Gasteiger partial charge >= 0.3 is 0 Å². The zero-order valence-corrected chi connectivity index (χ0v) is 15.4. The Morgan fingerprint density at radius 3 is 2.58 bits per heavy atom. The lowest BCUT2D eigenvalue weighted by molar-refractivity contribution is 0.0678. The second-order valence-electron chi connectivity index (χ2n) is 6.59. The molecule has 0 aliphatic carbocycles. The topological polar surface area (TPSA) is 38.8 Å². The van der Waals surface area contributed by atoms with Crippen molar-refractivity contribution in [2.24, 2.45) is 0 Å². The van der Waals surface area contributed by atoms with Gasteiger partial charge in [-0.05, 0) is 56.0 Å². The van der Waals surface area contributed by atoms with Crippen molar-refractivity contribution in [3.63, 3.8) is 0 Å². The van der Waals surface area contributed by atoms with Crippen LogP contribution < -0.4 is 4.74 Å². The molecule has 3 rings (SSSR count). The minimum absolute atomic E-state index is 0.0640. The van der Waals surface area contributed by atoms with Gasteiger partial charge in [0, 0.05) is 25.3 Å². The number of carbonyl (C=O) groups is 1. The molecule has 1 unspecified atom stereocenters. The average molecular weight is 353 g/mol. The Bertz CT molecular complexity index is 678. The summed E-state index contributed by atoms with van der Waals surface area (Å²) >= 11 is 0. The van der Waals surface area contributed by atoms with Gasteiger partial charge in [0.25, 0.3) is 5.91 Å². The Kier molecular flexibility index (Phi) is 6.67. The van der Waals surface area contributed by atoms with E-state index in [1.165, 1.54) is 5.56 Å². The van der Waals surface area contributed by atoms with Gasteiger partial charge < -0.3 is 14.4 Å². The van der Waals surface area contributed by atoms with E-state index in [4.69, 9.17) is 9.47 Å². The Hall–Kier alpha value is -2.33. The first-order chi connectivity index (χ1) is 12.8. The summed E-state index contributed by atoms with van der Waals surface area (Å²) in [6.07, 6.45) is 3.23. The normalized spacial score (nSPS) is 16.4. The summed E-state index contributed by atoms with van der Waals surface area (Å²) in [6, 6.07) is 17.7. The number of ether oxygens (including phenoxy) is 2. The van der Waals surface area contributed by atoms with Gasteiger partial charge in [-0.1, -0.05) is 30.3 Å². The predicted molar refractivity (Wildman–Crippen MR) is 103 cm³/mol. The Morgan fingerprint density at radius 1 is 1.15 bits per heavy atom. The molecule has 4 heteroatoms. The molecule has 1 atom stereocenters. The highest BCUT2D eigenvalue weighted by molar-refractivity contribution is 5.94. The van der Waals surface area contributed by atoms with Crippen LogP contribution in [0, 0.1) is 0 Å². The summed E-state index contributed by atoms with van der Waals surface area (Å²) in [5.74, 6) is 0.846. The van der Waals surface area contributed by atoms with Crippen molar-refractivity contribution in [2.45, 2.75) is 32.3 Å². The van der Waals surface area contributed by atoms with Gasteiger partial charge in [0.05, 0.1) is 6.10 Å². The maximum absolute atomic E-state index is 12.7. The second kappa shape index (κ2) is 9.39. The SMILES string of the molecule is CCN(CCc1ccccc1)C(=O)c1ccc(OCC2CCCO2)cc1. The van der Waals surface area contributed by atoms with E-state index in [-0.39, 0.29) is 12.0 Å². The van der Waals surface area contributed by atoms with E-state index < -0.39 is 0 Å². The first kappa shape index (κ1) is 18.5. The van der Waals surface area contributed by atoms with E-state index in [0.29, 0.717) is 18.7 Å². The largest absolute Gasteiger partial charge is 0.491 e. The molecular weight excluding hydrogens is 326 g/mol. The molecule has 0 spiro atoms. The van der Waals surface area contributed by atoms with Crippen molar-refractivity contribution >= 4 is 5.91 Å². The van der Waals surface area contributed by atoms with Crippen molar-refractivity contribution in [3.05, 3.63) is 65.7 Å². The molecule has 26 heavy (non-hydrogen) atoms. The predicted octanol–water partition coefficient (Wildman–Crippen LogP) is 3.95. The van der Waals surface area contributed by atoms with Gasteiger partial charge in [-0.25, -0.2) is 0 Å². The number of amides is 1. The molecule has 138 valence electrons. The number of hydrogen-bond donors (Lipinski definition) is 0. The molecular formula is C22H27NO3. The highest BCUT2D eigenvalue weighted by Gasteiger charge is 2.17. The maximum atomic E-state index is 12.7. The number of benzene rings is 2. The van der Waals surface area contributed by atoms with Crippen LogP contribution in [0.1, 0.15) is 35.7 Å². The second-order valence-corrected chi connectivity index (χ2v) is 6.59. The smallest absolute Gasteiger partial charge is 0.253 e. The van der Waals surface area contributed by atoms with Gasteiger partial charge in [-0.3, -0.25) is 4.79 Å². The highest BCUT2D eigenvalue weighted by atomic mass is 16.5. The monoisotopic (exact) mass is 353 g/mol.